The number of aliphatic carboxylic acids is 1. The summed E-state index contributed by atoms with van der Waals surface area (Å²) in [6.45, 7) is 1.28. The Bertz CT molecular complexity index is 414. The maximum atomic E-state index is 12.3. The largest absolute Gasteiger partial charge is 0.481 e. The molecule has 2 aliphatic carbocycles. The Morgan fingerprint density at radius 2 is 2.00 bits per heavy atom. The van der Waals surface area contributed by atoms with E-state index in [4.69, 9.17) is 4.74 Å². The molecule has 3 fully saturated rings. The smallest absolute Gasteiger partial charge is 0.317 e. The van der Waals surface area contributed by atoms with Gasteiger partial charge in [0.2, 0.25) is 0 Å². The van der Waals surface area contributed by atoms with E-state index in [-0.39, 0.29) is 24.1 Å². The summed E-state index contributed by atoms with van der Waals surface area (Å²) in [6, 6.07) is -0.325. The fourth-order valence-corrected chi connectivity index (χ4v) is 4.19. The zero-order valence-corrected chi connectivity index (χ0v) is 11.7. The quantitative estimate of drug-likeness (QED) is 0.806. The van der Waals surface area contributed by atoms with Crippen molar-refractivity contribution in [2.75, 3.05) is 20.2 Å². The zero-order chi connectivity index (χ0) is 14.3. The Hall–Kier alpha value is -1.30. The zero-order valence-electron chi connectivity index (χ0n) is 11.7. The number of carbonyl (C=O) groups is 2. The van der Waals surface area contributed by atoms with Gasteiger partial charge in [-0.05, 0) is 37.5 Å². The molecule has 112 valence electrons. The van der Waals surface area contributed by atoms with Crippen molar-refractivity contribution >= 4 is 12.0 Å². The molecule has 3 rings (SSSR count). The number of rotatable bonds is 3. The highest BCUT2D eigenvalue weighted by Gasteiger charge is 2.51. The molecule has 0 aromatic rings. The highest BCUT2D eigenvalue weighted by Crippen LogP contribution is 2.48. The van der Waals surface area contributed by atoms with Gasteiger partial charge in [-0.3, -0.25) is 4.79 Å². The summed E-state index contributed by atoms with van der Waals surface area (Å²) in [5.41, 5.74) is 0. The molecular formula is C14H22N2O4. The van der Waals surface area contributed by atoms with Crippen molar-refractivity contribution in [3.05, 3.63) is 0 Å². The standard InChI is InChI=1S/C14H22N2O4/c1-20-10-4-5-16(7-10)14(19)15-12-9-3-2-8(6-9)11(12)13(17)18/h8-12H,2-7H2,1H3,(H,15,19)(H,17,18). The van der Waals surface area contributed by atoms with Crippen molar-refractivity contribution in [1.82, 2.24) is 10.2 Å². The van der Waals surface area contributed by atoms with E-state index in [2.05, 4.69) is 5.32 Å². The number of fused-ring (bicyclic) bond motifs is 2. The lowest BCUT2D eigenvalue weighted by atomic mass is 9.84. The molecule has 0 aromatic heterocycles. The molecule has 6 nitrogen and oxygen atoms in total. The summed E-state index contributed by atoms with van der Waals surface area (Å²) < 4.78 is 5.25. The molecule has 1 saturated heterocycles. The van der Waals surface area contributed by atoms with Crippen LogP contribution in [0.2, 0.25) is 0 Å². The molecule has 2 amide bonds. The van der Waals surface area contributed by atoms with Gasteiger partial charge in [-0.2, -0.15) is 0 Å². The van der Waals surface area contributed by atoms with Crippen LogP contribution in [0, 0.1) is 17.8 Å². The van der Waals surface area contributed by atoms with E-state index >= 15 is 0 Å². The van der Waals surface area contributed by atoms with Gasteiger partial charge >= 0.3 is 12.0 Å². The van der Waals surface area contributed by atoms with Gasteiger partial charge in [0.05, 0.1) is 12.0 Å². The van der Waals surface area contributed by atoms with Gasteiger partial charge in [-0.1, -0.05) is 0 Å². The second-order valence-corrected chi connectivity index (χ2v) is 6.26. The fourth-order valence-electron chi connectivity index (χ4n) is 4.19. The fraction of sp³-hybridized carbons (Fsp3) is 0.857. The van der Waals surface area contributed by atoms with Crippen LogP contribution in [0.25, 0.3) is 0 Å². The number of methoxy groups -OCH3 is 1. The van der Waals surface area contributed by atoms with E-state index in [1.165, 1.54) is 0 Å². The molecule has 2 bridgehead atoms. The van der Waals surface area contributed by atoms with Gasteiger partial charge in [-0.25, -0.2) is 4.79 Å². The number of nitrogens with one attached hydrogen (secondary N) is 1. The van der Waals surface area contributed by atoms with Crippen LogP contribution < -0.4 is 5.32 Å². The van der Waals surface area contributed by atoms with E-state index in [1.807, 2.05) is 0 Å². The van der Waals surface area contributed by atoms with Crippen LogP contribution >= 0.6 is 0 Å². The van der Waals surface area contributed by atoms with Crippen molar-refractivity contribution in [2.24, 2.45) is 17.8 Å². The minimum atomic E-state index is -0.765. The van der Waals surface area contributed by atoms with Crippen LogP contribution in [0.4, 0.5) is 4.79 Å². The molecule has 2 N–H and O–H groups in total. The molecule has 3 aliphatic rings. The van der Waals surface area contributed by atoms with Crippen LogP contribution in [0.15, 0.2) is 0 Å². The summed E-state index contributed by atoms with van der Waals surface area (Å²) in [5, 5.41) is 12.4. The molecule has 6 heteroatoms. The van der Waals surface area contributed by atoms with Crippen LogP contribution in [-0.4, -0.2) is 54.4 Å². The van der Waals surface area contributed by atoms with Crippen molar-refractivity contribution in [3.63, 3.8) is 0 Å². The number of nitrogens with zero attached hydrogens (tertiary/aromatic N) is 1. The van der Waals surface area contributed by atoms with Gasteiger partial charge in [0.1, 0.15) is 0 Å². The number of hydrogen-bond donors (Lipinski definition) is 2. The average molecular weight is 282 g/mol. The monoisotopic (exact) mass is 282 g/mol. The minimum absolute atomic E-state index is 0.107. The van der Waals surface area contributed by atoms with E-state index in [1.54, 1.807) is 12.0 Å². The molecule has 5 unspecified atom stereocenters. The summed E-state index contributed by atoms with van der Waals surface area (Å²) in [4.78, 5) is 25.4. The van der Waals surface area contributed by atoms with Crippen LogP contribution in [-0.2, 0) is 9.53 Å². The van der Waals surface area contributed by atoms with Crippen LogP contribution in [0.1, 0.15) is 25.7 Å². The second-order valence-electron chi connectivity index (χ2n) is 6.26. The predicted octanol–water partition coefficient (Wildman–Crippen LogP) is 0.916. The van der Waals surface area contributed by atoms with Gasteiger partial charge in [0.15, 0.2) is 0 Å². The molecule has 1 heterocycles. The Balaban J connectivity index is 1.62. The normalized spacial score (nSPS) is 39.2. The molecule has 0 aromatic carbocycles. The third-order valence-corrected chi connectivity index (χ3v) is 5.26. The van der Waals surface area contributed by atoms with Crippen molar-refractivity contribution < 1.29 is 19.4 Å². The predicted molar refractivity (Wildman–Crippen MR) is 71.3 cm³/mol. The lowest BCUT2D eigenvalue weighted by Gasteiger charge is -2.30. The highest BCUT2D eigenvalue weighted by molar-refractivity contribution is 5.78. The molecular weight excluding hydrogens is 260 g/mol. The van der Waals surface area contributed by atoms with Gasteiger partial charge in [0.25, 0.3) is 0 Å². The minimum Gasteiger partial charge on any atom is -0.481 e. The van der Waals surface area contributed by atoms with Gasteiger partial charge in [0, 0.05) is 26.2 Å². The van der Waals surface area contributed by atoms with E-state index in [0.717, 1.165) is 25.7 Å². The first-order valence-corrected chi connectivity index (χ1v) is 7.41. The molecule has 2 saturated carbocycles. The molecule has 0 radical (unpaired) electrons. The lowest BCUT2D eigenvalue weighted by Crippen LogP contribution is -2.51. The lowest BCUT2D eigenvalue weighted by molar-refractivity contribution is -0.144. The van der Waals surface area contributed by atoms with Crippen molar-refractivity contribution in [3.8, 4) is 0 Å². The van der Waals surface area contributed by atoms with Crippen LogP contribution in [0.3, 0.4) is 0 Å². The maximum Gasteiger partial charge on any atom is 0.317 e. The number of amides is 2. The Morgan fingerprint density at radius 1 is 1.25 bits per heavy atom. The van der Waals surface area contributed by atoms with Gasteiger partial charge in [-0.15, -0.1) is 0 Å². The first-order chi connectivity index (χ1) is 9.60. The summed E-state index contributed by atoms with van der Waals surface area (Å²) in [7, 11) is 1.66. The number of carboxylic acid groups (broad SMARTS) is 1. The Kier molecular flexibility index (Phi) is 3.58. The van der Waals surface area contributed by atoms with E-state index in [9.17, 15) is 14.7 Å². The summed E-state index contributed by atoms with van der Waals surface area (Å²) in [5.74, 6) is -0.587. The number of carboxylic acids is 1. The maximum absolute atomic E-state index is 12.3. The van der Waals surface area contributed by atoms with E-state index in [0.29, 0.717) is 19.0 Å². The summed E-state index contributed by atoms with van der Waals surface area (Å²) in [6.07, 6.45) is 3.94. The van der Waals surface area contributed by atoms with Gasteiger partial charge < -0.3 is 20.1 Å². The van der Waals surface area contributed by atoms with Crippen molar-refractivity contribution in [2.45, 2.75) is 37.8 Å². The number of hydrogen-bond acceptors (Lipinski definition) is 3. The van der Waals surface area contributed by atoms with E-state index < -0.39 is 11.9 Å². The molecule has 20 heavy (non-hydrogen) atoms. The topological polar surface area (TPSA) is 78.9 Å². The Morgan fingerprint density at radius 3 is 2.65 bits per heavy atom. The van der Waals surface area contributed by atoms with Crippen molar-refractivity contribution in [1.29, 1.82) is 0 Å². The first kappa shape index (κ1) is 13.7. The SMILES string of the molecule is COC1CCN(C(=O)NC2C3CCC(C3)C2C(=O)O)C1. The third kappa shape index (κ3) is 2.26. The van der Waals surface area contributed by atoms with Crippen LogP contribution in [0.5, 0.6) is 0 Å². The number of carbonyl (C=O) groups excluding carboxylic acids is 1. The highest BCUT2D eigenvalue weighted by atomic mass is 16.5. The number of urea groups is 1. The number of likely N-dealkylation sites (tertiary alicyclic amines) is 1. The molecule has 1 aliphatic heterocycles. The second kappa shape index (κ2) is 5.24. The average Bonchev–Trinajstić information content (AvgIpc) is 3.13. The Labute approximate surface area is 118 Å². The molecule has 0 spiro atoms. The third-order valence-electron chi connectivity index (χ3n) is 5.26. The number of ether oxygens (including phenoxy) is 1. The molecule has 5 atom stereocenters. The summed E-state index contributed by atoms with van der Waals surface area (Å²) >= 11 is 0. The first-order valence-electron chi connectivity index (χ1n) is 7.41.